The summed E-state index contributed by atoms with van der Waals surface area (Å²) >= 11 is 0. The lowest BCUT2D eigenvalue weighted by molar-refractivity contribution is -0.153. The number of hydrogen-bond donors (Lipinski definition) is 2. The van der Waals surface area contributed by atoms with Crippen molar-refractivity contribution in [2.45, 2.75) is 19.1 Å². The summed E-state index contributed by atoms with van der Waals surface area (Å²) in [6.07, 6.45) is -3.65. The maximum absolute atomic E-state index is 12.4. The monoisotopic (exact) mass is 395 g/mol. The maximum Gasteiger partial charge on any atom is 0.422 e. The van der Waals surface area contributed by atoms with Crippen molar-refractivity contribution in [3.63, 3.8) is 0 Å². The molecular weight excluding hydrogens is 371 g/mol. The van der Waals surface area contributed by atoms with Gasteiger partial charge in [-0.1, -0.05) is 36.4 Å². The summed E-state index contributed by atoms with van der Waals surface area (Å²) < 4.78 is 47.4. The van der Waals surface area contributed by atoms with Crippen LogP contribution < -0.4 is 20.1 Å². The first-order valence-electron chi connectivity index (χ1n) is 8.77. The van der Waals surface area contributed by atoms with Gasteiger partial charge in [-0.05, 0) is 24.1 Å². The van der Waals surface area contributed by atoms with E-state index in [0.717, 1.165) is 17.7 Å². The smallest absolute Gasteiger partial charge is 0.422 e. The van der Waals surface area contributed by atoms with E-state index in [1.54, 1.807) is 32.4 Å². The van der Waals surface area contributed by atoms with Crippen LogP contribution in [0.15, 0.2) is 53.5 Å². The van der Waals surface area contributed by atoms with Gasteiger partial charge in [0.2, 0.25) is 0 Å². The maximum atomic E-state index is 12.4. The molecule has 0 radical (unpaired) electrons. The molecule has 5 nitrogen and oxygen atoms in total. The minimum absolute atomic E-state index is 0.191. The van der Waals surface area contributed by atoms with Crippen LogP contribution in [-0.2, 0) is 13.0 Å². The fraction of sp³-hybridized carbons (Fsp3) is 0.350. The largest absolute Gasteiger partial charge is 0.496 e. The van der Waals surface area contributed by atoms with E-state index in [1.165, 1.54) is 6.07 Å². The van der Waals surface area contributed by atoms with Crippen molar-refractivity contribution in [3.8, 4) is 11.5 Å². The van der Waals surface area contributed by atoms with Crippen molar-refractivity contribution in [3.05, 3.63) is 59.7 Å². The summed E-state index contributed by atoms with van der Waals surface area (Å²) in [7, 11) is 3.26. The van der Waals surface area contributed by atoms with E-state index in [4.69, 9.17) is 9.47 Å². The topological polar surface area (TPSA) is 54.9 Å². The Morgan fingerprint density at radius 1 is 0.964 bits per heavy atom. The number of rotatable bonds is 8. The van der Waals surface area contributed by atoms with E-state index in [-0.39, 0.29) is 12.3 Å². The summed E-state index contributed by atoms with van der Waals surface area (Å²) in [6, 6.07) is 14.4. The Kier molecular flexibility index (Phi) is 7.98. The third-order valence-corrected chi connectivity index (χ3v) is 3.91. The molecule has 0 aliphatic rings. The summed E-state index contributed by atoms with van der Waals surface area (Å²) in [5.41, 5.74) is 1.68. The molecule has 152 valence electrons. The molecule has 0 heterocycles. The number of hydrogen-bond acceptors (Lipinski definition) is 3. The van der Waals surface area contributed by atoms with Gasteiger partial charge < -0.3 is 20.1 Å². The average molecular weight is 395 g/mol. The molecule has 0 aromatic heterocycles. The molecule has 0 saturated carbocycles. The fourth-order valence-electron chi connectivity index (χ4n) is 2.57. The fourth-order valence-corrected chi connectivity index (χ4v) is 2.57. The normalized spacial score (nSPS) is 11.8. The molecule has 0 aliphatic heterocycles. The molecule has 8 heteroatoms. The van der Waals surface area contributed by atoms with E-state index in [9.17, 15) is 13.2 Å². The molecule has 0 saturated heterocycles. The number of aliphatic imine (C=N–C) groups is 1. The molecule has 0 aliphatic carbocycles. The van der Waals surface area contributed by atoms with Crippen molar-refractivity contribution in [2.75, 3.05) is 27.3 Å². The molecule has 0 spiro atoms. The van der Waals surface area contributed by atoms with Crippen LogP contribution >= 0.6 is 0 Å². The highest BCUT2D eigenvalue weighted by Crippen LogP contribution is 2.22. The first-order chi connectivity index (χ1) is 13.4. The molecule has 2 aromatic rings. The highest BCUT2D eigenvalue weighted by molar-refractivity contribution is 5.79. The summed E-state index contributed by atoms with van der Waals surface area (Å²) in [4.78, 5) is 4.13. The summed E-state index contributed by atoms with van der Waals surface area (Å²) in [6.45, 7) is -0.426. The molecule has 2 aromatic carbocycles. The zero-order valence-electron chi connectivity index (χ0n) is 15.8. The molecule has 2 N–H and O–H groups in total. The van der Waals surface area contributed by atoms with Gasteiger partial charge in [0.05, 0.1) is 7.11 Å². The SMILES string of the molecule is CN=C(NCCc1ccccc1OC)NCc1ccccc1OCC(F)(F)F. The number of benzene rings is 2. The lowest BCUT2D eigenvalue weighted by Gasteiger charge is -2.16. The predicted octanol–water partition coefficient (Wildman–Crippen LogP) is 3.54. The van der Waals surface area contributed by atoms with Crippen LogP contribution in [0.4, 0.5) is 13.2 Å². The zero-order valence-corrected chi connectivity index (χ0v) is 15.8. The number of nitrogens with one attached hydrogen (secondary N) is 2. The molecule has 0 unspecified atom stereocenters. The average Bonchev–Trinajstić information content (AvgIpc) is 2.69. The van der Waals surface area contributed by atoms with Gasteiger partial charge in [-0.15, -0.1) is 0 Å². The van der Waals surface area contributed by atoms with Crippen molar-refractivity contribution in [1.82, 2.24) is 10.6 Å². The van der Waals surface area contributed by atoms with Gasteiger partial charge in [0.25, 0.3) is 0 Å². The van der Waals surface area contributed by atoms with Crippen LogP contribution in [0.3, 0.4) is 0 Å². The van der Waals surface area contributed by atoms with E-state index >= 15 is 0 Å². The van der Waals surface area contributed by atoms with Gasteiger partial charge in [0.15, 0.2) is 12.6 Å². The van der Waals surface area contributed by atoms with Gasteiger partial charge in [0, 0.05) is 25.7 Å². The molecular formula is C20H24F3N3O2. The van der Waals surface area contributed by atoms with Crippen LogP contribution in [-0.4, -0.2) is 39.4 Å². The minimum Gasteiger partial charge on any atom is -0.496 e. The third kappa shape index (κ3) is 7.02. The summed E-state index contributed by atoms with van der Waals surface area (Å²) in [5, 5.41) is 6.26. The standard InChI is InChI=1S/C20H24F3N3O2/c1-24-19(25-12-11-15-7-3-5-9-17(15)27-2)26-13-16-8-4-6-10-18(16)28-14-20(21,22)23/h3-10H,11-14H2,1-2H3,(H2,24,25,26). The second-order valence-corrected chi connectivity index (χ2v) is 5.93. The Morgan fingerprint density at radius 2 is 1.61 bits per heavy atom. The lowest BCUT2D eigenvalue weighted by Crippen LogP contribution is -2.38. The van der Waals surface area contributed by atoms with Crippen molar-refractivity contribution < 1.29 is 22.6 Å². The molecule has 2 rings (SSSR count). The molecule has 0 fully saturated rings. The van der Waals surface area contributed by atoms with Crippen LogP contribution in [0.1, 0.15) is 11.1 Å². The van der Waals surface area contributed by atoms with Gasteiger partial charge >= 0.3 is 6.18 Å². The molecule has 0 atom stereocenters. The predicted molar refractivity (Wildman–Crippen MR) is 103 cm³/mol. The van der Waals surface area contributed by atoms with E-state index in [2.05, 4.69) is 15.6 Å². The van der Waals surface area contributed by atoms with Crippen molar-refractivity contribution in [2.24, 2.45) is 4.99 Å². The van der Waals surface area contributed by atoms with Gasteiger partial charge in [-0.3, -0.25) is 4.99 Å². The van der Waals surface area contributed by atoms with Gasteiger partial charge in [-0.2, -0.15) is 13.2 Å². The third-order valence-electron chi connectivity index (χ3n) is 3.91. The quantitative estimate of drug-likeness (QED) is 0.530. The lowest BCUT2D eigenvalue weighted by atomic mass is 10.1. The van der Waals surface area contributed by atoms with Gasteiger partial charge in [0.1, 0.15) is 11.5 Å². The highest BCUT2D eigenvalue weighted by Gasteiger charge is 2.28. The van der Waals surface area contributed by atoms with Crippen LogP contribution in [0.5, 0.6) is 11.5 Å². The second-order valence-electron chi connectivity index (χ2n) is 5.93. The second kappa shape index (κ2) is 10.4. The van der Waals surface area contributed by atoms with Crippen molar-refractivity contribution in [1.29, 1.82) is 0 Å². The summed E-state index contributed by atoms with van der Waals surface area (Å²) in [5.74, 6) is 1.56. The Labute approximate surface area is 162 Å². The Balaban J connectivity index is 1.87. The van der Waals surface area contributed by atoms with E-state index in [0.29, 0.717) is 18.1 Å². The number of alkyl halides is 3. The Morgan fingerprint density at radius 3 is 2.25 bits per heavy atom. The van der Waals surface area contributed by atoms with Crippen LogP contribution in [0.2, 0.25) is 0 Å². The van der Waals surface area contributed by atoms with Gasteiger partial charge in [-0.25, -0.2) is 0 Å². The number of guanidine groups is 1. The van der Waals surface area contributed by atoms with Crippen molar-refractivity contribution >= 4 is 5.96 Å². The van der Waals surface area contributed by atoms with E-state index in [1.807, 2.05) is 24.3 Å². The zero-order chi connectivity index (χ0) is 20.4. The Bertz CT molecular complexity index is 779. The first-order valence-corrected chi connectivity index (χ1v) is 8.77. The van der Waals surface area contributed by atoms with Crippen LogP contribution in [0.25, 0.3) is 0 Å². The highest BCUT2D eigenvalue weighted by atomic mass is 19.4. The molecule has 28 heavy (non-hydrogen) atoms. The van der Waals surface area contributed by atoms with Crippen LogP contribution in [0, 0.1) is 0 Å². The minimum atomic E-state index is -4.38. The van der Waals surface area contributed by atoms with E-state index < -0.39 is 12.8 Å². The molecule has 0 amide bonds. The number of halogens is 3. The first kappa shape index (κ1) is 21.4. The number of methoxy groups -OCH3 is 1. The number of ether oxygens (including phenoxy) is 2. The Hall–Kier alpha value is -2.90. The molecule has 0 bridgehead atoms. The number of nitrogens with zero attached hydrogens (tertiary/aromatic N) is 1. The number of para-hydroxylation sites is 2.